The molecule has 0 heterocycles. The molecule has 3 heteroatoms. The molecular formula is C17H29NO2. The summed E-state index contributed by atoms with van der Waals surface area (Å²) in [5.41, 5.74) is 2.24. The van der Waals surface area contributed by atoms with Gasteiger partial charge in [0.05, 0.1) is 12.2 Å². The molecule has 3 N–H and O–H groups in total. The minimum atomic E-state index is -0.551. The van der Waals surface area contributed by atoms with E-state index >= 15 is 0 Å². The Kier molecular flexibility index (Phi) is 7.20. The van der Waals surface area contributed by atoms with Gasteiger partial charge in [-0.05, 0) is 30.4 Å². The molecule has 1 aromatic carbocycles. The monoisotopic (exact) mass is 279 g/mol. The highest BCUT2D eigenvalue weighted by atomic mass is 16.3. The van der Waals surface area contributed by atoms with Crippen molar-refractivity contribution in [3.63, 3.8) is 0 Å². The zero-order chi connectivity index (χ0) is 15.1. The van der Waals surface area contributed by atoms with Gasteiger partial charge in [0, 0.05) is 12.6 Å². The van der Waals surface area contributed by atoms with Crippen molar-refractivity contribution in [3.05, 3.63) is 35.4 Å². The van der Waals surface area contributed by atoms with E-state index in [2.05, 4.69) is 38.2 Å². The summed E-state index contributed by atoms with van der Waals surface area (Å²) in [7, 11) is 0. The third kappa shape index (κ3) is 5.23. The fourth-order valence-corrected chi connectivity index (χ4v) is 2.40. The molecule has 0 aliphatic carbocycles. The highest BCUT2D eigenvalue weighted by molar-refractivity contribution is 5.25. The lowest BCUT2D eigenvalue weighted by molar-refractivity contribution is 0.0930. The van der Waals surface area contributed by atoms with Crippen LogP contribution in [0, 0.1) is 5.92 Å². The summed E-state index contributed by atoms with van der Waals surface area (Å²) >= 11 is 0. The van der Waals surface area contributed by atoms with Crippen molar-refractivity contribution in [3.8, 4) is 0 Å². The first kappa shape index (κ1) is 17.2. The molecule has 0 aliphatic heterocycles. The molecule has 3 unspecified atom stereocenters. The van der Waals surface area contributed by atoms with Crippen molar-refractivity contribution in [1.29, 1.82) is 0 Å². The van der Waals surface area contributed by atoms with Gasteiger partial charge in [-0.25, -0.2) is 0 Å². The normalized spacial score (nSPS) is 16.1. The Bertz CT molecular complexity index is 373. The highest BCUT2D eigenvalue weighted by Gasteiger charge is 2.23. The Balaban J connectivity index is 2.75. The van der Waals surface area contributed by atoms with E-state index in [-0.39, 0.29) is 6.04 Å². The average Bonchev–Trinajstić information content (AvgIpc) is 2.39. The van der Waals surface area contributed by atoms with Crippen LogP contribution in [0.2, 0.25) is 0 Å². The van der Waals surface area contributed by atoms with Gasteiger partial charge in [0.2, 0.25) is 0 Å². The van der Waals surface area contributed by atoms with Crippen molar-refractivity contribution in [2.45, 2.75) is 58.8 Å². The summed E-state index contributed by atoms with van der Waals surface area (Å²) in [4.78, 5) is 0. The van der Waals surface area contributed by atoms with Gasteiger partial charge < -0.3 is 15.5 Å². The van der Waals surface area contributed by atoms with Crippen LogP contribution in [0.15, 0.2) is 24.3 Å². The van der Waals surface area contributed by atoms with E-state index in [9.17, 15) is 10.2 Å². The molecule has 114 valence electrons. The van der Waals surface area contributed by atoms with Gasteiger partial charge in [-0.1, -0.05) is 51.5 Å². The number of hydrogen-bond acceptors (Lipinski definition) is 3. The lowest BCUT2D eigenvalue weighted by atomic mass is 9.92. The van der Waals surface area contributed by atoms with Gasteiger partial charge in [0.15, 0.2) is 0 Å². The number of hydrogen-bond donors (Lipinski definition) is 3. The SMILES string of the molecule is CCCc1ccc(C(O)C(NCC(C)O)C(C)C)cc1. The van der Waals surface area contributed by atoms with Gasteiger partial charge in [-0.2, -0.15) is 0 Å². The number of benzene rings is 1. The second-order valence-electron chi connectivity index (χ2n) is 5.96. The predicted octanol–water partition coefficient (Wildman–Crippen LogP) is 2.67. The maximum atomic E-state index is 10.5. The third-order valence-electron chi connectivity index (χ3n) is 3.57. The first-order valence-corrected chi connectivity index (χ1v) is 7.64. The van der Waals surface area contributed by atoms with Crippen LogP contribution in [-0.4, -0.2) is 28.9 Å². The van der Waals surface area contributed by atoms with Gasteiger partial charge in [0.25, 0.3) is 0 Å². The molecule has 0 aromatic heterocycles. The van der Waals surface area contributed by atoms with Crippen molar-refractivity contribution in [2.75, 3.05) is 6.54 Å². The maximum absolute atomic E-state index is 10.5. The van der Waals surface area contributed by atoms with E-state index in [4.69, 9.17) is 0 Å². The lowest BCUT2D eigenvalue weighted by Crippen LogP contribution is -2.42. The molecule has 3 nitrogen and oxygen atoms in total. The highest BCUT2D eigenvalue weighted by Crippen LogP contribution is 2.22. The van der Waals surface area contributed by atoms with Crippen LogP contribution < -0.4 is 5.32 Å². The van der Waals surface area contributed by atoms with Crippen LogP contribution in [0.1, 0.15) is 51.3 Å². The molecule has 0 saturated heterocycles. The van der Waals surface area contributed by atoms with Crippen LogP contribution in [0.25, 0.3) is 0 Å². The zero-order valence-electron chi connectivity index (χ0n) is 13.1. The second-order valence-corrected chi connectivity index (χ2v) is 5.96. The molecule has 1 aromatic rings. The standard InChI is InChI=1S/C17H29NO2/c1-5-6-14-7-9-15(10-8-14)17(20)16(12(2)3)18-11-13(4)19/h7-10,12-13,16-20H,5-6,11H2,1-4H3. The van der Waals surface area contributed by atoms with Crippen LogP contribution in [0.4, 0.5) is 0 Å². The van der Waals surface area contributed by atoms with E-state index in [1.54, 1.807) is 6.92 Å². The average molecular weight is 279 g/mol. The van der Waals surface area contributed by atoms with E-state index in [1.807, 2.05) is 12.1 Å². The van der Waals surface area contributed by atoms with Crippen LogP contribution in [0.3, 0.4) is 0 Å². The van der Waals surface area contributed by atoms with Gasteiger partial charge in [0.1, 0.15) is 0 Å². The molecule has 0 fully saturated rings. The summed E-state index contributed by atoms with van der Waals surface area (Å²) in [5, 5.41) is 23.2. The molecule has 20 heavy (non-hydrogen) atoms. The predicted molar refractivity (Wildman–Crippen MR) is 83.7 cm³/mol. The van der Waals surface area contributed by atoms with Crippen molar-refractivity contribution < 1.29 is 10.2 Å². The Morgan fingerprint density at radius 2 is 1.65 bits per heavy atom. The van der Waals surface area contributed by atoms with Crippen LogP contribution in [-0.2, 0) is 6.42 Å². The fraction of sp³-hybridized carbons (Fsp3) is 0.647. The summed E-state index contributed by atoms with van der Waals surface area (Å²) in [5.74, 6) is 0.291. The molecule has 0 bridgehead atoms. The second kappa shape index (κ2) is 8.40. The number of aliphatic hydroxyl groups is 2. The molecule has 3 atom stereocenters. The lowest BCUT2D eigenvalue weighted by Gasteiger charge is -2.28. The fourth-order valence-electron chi connectivity index (χ4n) is 2.40. The largest absolute Gasteiger partial charge is 0.392 e. The Morgan fingerprint density at radius 1 is 1.05 bits per heavy atom. The molecular weight excluding hydrogens is 250 g/mol. The van der Waals surface area contributed by atoms with E-state index in [1.165, 1.54) is 5.56 Å². The van der Waals surface area contributed by atoms with Crippen LogP contribution in [0.5, 0.6) is 0 Å². The third-order valence-corrected chi connectivity index (χ3v) is 3.57. The molecule has 0 aliphatic rings. The Hall–Kier alpha value is -0.900. The zero-order valence-corrected chi connectivity index (χ0v) is 13.1. The topological polar surface area (TPSA) is 52.5 Å². The number of aryl methyl sites for hydroxylation is 1. The number of nitrogens with one attached hydrogen (secondary N) is 1. The van der Waals surface area contributed by atoms with Gasteiger partial charge in [-0.15, -0.1) is 0 Å². The number of rotatable bonds is 8. The van der Waals surface area contributed by atoms with Crippen molar-refractivity contribution in [2.24, 2.45) is 5.92 Å². The van der Waals surface area contributed by atoms with Crippen LogP contribution >= 0.6 is 0 Å². The first-order chi connectivity index (χ1) is 9.45. The number of aliphatic hydroxyl groups excluding tert-OH is 2. The Morgan fingerprint density at radius 3 is 2.10 bits per heavy atom. The van der Waals surface area contributed by atoms with Crippen molar-refractivity contribution in [1.82, 2.24) is 5.32 Å². The summed E-state index contributed by atoms with van der Waals surface area (Å²) in [6.45, 7) is 8.56. The van der Waals surface area contributed by atoms with Gasteiger partial charge >= 0.3 is 0 Å². The quantitative estimate of drug-likeness (QED) is 0.686. The van der Waals surface area contributed by atoms with Crippen molar-refractivity contribution >= 4 is 0 Å². The molecule has 0 radical (unpaired) electrons. The molecule has 0 spiro atoms. The minimum absolute atomic E-state index is 0.0541. The maximum Gasteiger partial charge on any atom is 0.0945 e. The minimum Gasteiger partial charge on any atom is -0.392 e. The Labute approximate surface area is 123 Å². The van der Waals surface area contributed by atoms with E-state index in [0.29, 0.717) is 12.5 Å². The molecule has 1 rings (SSSR count). The van der Waals surface area contributed by atoms with E-state index in [0.717, 1.165) is 18.4 Å². The first-order valence-electron chi connectivity index (χ1n) is 7.64. The molecule has 0 saturated carbocycles. The summed E-state index contributed by atoms with van der Waals surface area (Å²) in [6.07, 6.45) is 1.25. The molecule has 0 amide bonds. The van der Waals surface area contributed by atoms with Gasteiger partial charge in [-0.3, -0.25) is 0 Å². The van der Waals surface area contributed by atoms with E-state index < -0.39 is 12.2 Å². The summed E-state index contributed by atoms with van der Waals surface area (Å²) in [6, 6.07) is 8.15. The summed E-state index contributed by atoms with van der Waals surface area (Å²) < 4.78 is 0. The smallest absolute Gasteiger partial charge is 0.0945 e.